The molecule has 0 aromatic heterocycles. The zero-order valence-corrected chi connectivity index (χ0v) is 15.0. The average Bonchev–Trinajstić information content (AvgIpc) is 2.54. The zero-order valence-electron chi connectivity index (χ0n) is 12.6. The third-order valence-corrected chi connectivity index (χ3v) is 3.71. The van der Waals surface area contributed by atoms with Gasteiger partial charge in [0.25, 0.3) is 5.91 Å². The van der Waals surface area contributed by atoms with Crippen LogP contribution in [-0.2, 0) is 4.79 Å². The van der Waals surface area contributed by atoms with Crippen LogP contribution in [0.5, 0.6) is 17.2 Å². The summed E-state index contributed by atoms with van der Waals surface area (Å²) in [4.78, 5) is 11.7. The lowest BCUT2D eigenvalue weighted by Crippen LogP contribution is -2.24. The molecule has 2 rings (SSSR count). The molecule has 2 N–H and O–H groups in total. The lowest BCUT2D eigenvalue weighted by molar-refractivity contribution is -0.123. The van der Waals surface area contributed by atoms with Crippen molar-refractivity contribution in [1.82, 2.24) is 5.43 Å². The standard InChI is InChI=1S/C16H14BrClN2O4/c1-23-15-4-2-10(6-13(15)21)8-19-20-16(22)9-24-14-5-3-11(18)7-12(14)17/h2-8,21H,9H2,1H3,(H,20,22)/b19-8+. The smallest absolute Gasteiger partial charge is 0.277 e. The van der Waals surface area contributed by atoms with Gasteiger partial charge in [-0.3, -0.25) is 4.79 Å². The van der Waals surface area contributed by atoms with Gasteiger partial charge in [0, 0.05) is 5.02 Å². The molecule has 24 heavy (non-hydrogen) atoms. The predicted octanol–water partition coefficient (Wildman–Crippen LogP) is 3.35. The SMILES string of the molecule is COc1ccc(/C=N/NC(=O)COc2ccc(Cl)cc2Br)cc1O. The molecule has 0 unspecified atom stereocenters. The Labute approximate surface area is 152 Å². The molecule has 0 atom stereocenters. The number of carbonyl (C=O) groups excluding carboxylic acids is 1. The molecule has 0 saturated carbocycles. The Balaban J connectivity index is 1.85. The molecule has 0 radical (unpaired) electrons. The molecule has 0 fully saturated rings. The maximum atomic E-state index is 11.7. The number of halogens is 2. The average molecular weight is 414 g/mol. The Morgan fingerprint density at radius 2 is 2.08 bits per heavy atom. The van der Waals surface area contributed by atoms with Crippen LogP contribution in [0.15, 0.2) is 46.0 Å². The third-order valence-electron chi connectivity index (χ3n) is 2.86. The van der Waals surface area contributed by atoms with Gasteiger partial charge >= 0.3 is 0 Å². The number of rotatable bonds is 6. The van der Waals surface area contributed by atoms with Crippen molar-refractivity contribution >= 4 is 39.7 Å². The van der Waals surface area contributed by atoms with Crippen LogP contribution in [0.3, 0.4) is 0 Å². The van der Waals surface area contributed by atoms with Crippen molar-refractivity contribution < 1.29 is 19.4 Å². The predicted molar refractivity (Wildman–Crippen MR) is 95.0 cm³/mol. The van der Waals surface area contributed by atoms with E-state index in [-0.39, 0.29) is 12.4 Å². The third kappa shape index (κ3) is 5.14. The zero-order chi connectivity index (χ0) is 17.5. The molecule has 0 bridgehead atoms. The van der Waals surface area contributed by atoms with Crippen LogP contribution in [0.25, 0.3) is 0 Å². The molecular weight excluding hydrogens is 400 g/mol. The largest absolute Gasteiger partial charge is 0.504 e. The van der Waals surface area contributed by atoms with E-state index in [1.165, 1.54) is 19.4 Å². The molecule has 0 aliphatic rings. The number of carbonyl (C=O) groups is 1. The van der Waals surface area contributed by atoms with Crippen molar-refractivity contribution in [3.8, 4) is 17.2 Å². The Hall–Kier alpha value is -2.25. The number of methoxy groups -OCH3 is 1. The number of ether oxygens (including phenoxy) is 2. The second-order valence-electron chi connectivity index (χ2n) is 4.59. The van der Waals surface area contributed by atoms with E-state index in [1.807, 2.05) is 0 Å². The molecule has 0 saturated heterocycles. The first-order valence-electron chi connectivity index (χ1n) is 6.76. The van der Waals surface area contributed by atoms with Crippen molar-refractivity contribution in [2.45, 2.75) is 0 Å². The number of phenolic OH excluding ortho intramolecular Hbond substituents is 1. The van der Waals surface area contributed by atoms with Crippen LogP contribution in [-0.4, -0.2) is 30.9 Å². The lowest BCUT2D eigenvalue weighted by atomic mass is 10.2. The van der Waals surface area contributed by atoms with Crippen LogP contribution >= 0.6 is 27.5 Å². The van der Waals surface area contributed by atoms with Crippen molar-refractivity contribution in [2.75, 3.05) is 13.7 Å². The fourth-order valence-electron chi connectivity index (χ4n) is 1.73. The highest BCUT2D eigenvalue weighted by molar-refractivity contribution is 9.10. The molecular formula is C16H14BrClN2O4. The Kier molecular flexibility index (Phi) is 6.45. The van der Waals surface area contributed by atoms with E-state index in [2.05, 4.69) is 26.5 Å². The first-order chi connectivity index (χ1) is 11.5. The summed E-state index contributed by atoms with van der Waals surface area (Å²) < 4.78 is 11.0. The highest BCUT2D eigenvalue weighted by Gasteiger charge is 2.06. The number of nitrogens with one attached hydrogen (secondary N) is 1. The van der Waals surface area contributed by atoms with Crippen LogP contribution in [0.2, 0.25) is 5.02 Å². The first kappa shape index (κ1) is 18.1. The van der Waals surface area contributed by atoms with Gasteiger partial charge in [-0.05, 0) is 57.9 Å². The number of phenols is 1. The van der Waals surface area contributed by atoms with Gasteiger partial charge in [0.15, 0.2) is 18.1 Å². The number of amides is 1. The topological polar surface area (TPSA) is 80.2 Å². The van der Waals surface area contributed by atoms with Crippen molar-refractivity contribution in [1.29, 1.82) is 0 Å². The first-order valence-corrected chi connectivity index (χ1v) is 7.93. The minimum absolute atomic E-state index is 0.0105. The summed E-state index contributed by atoms with van der Waals surface area (Å²) in [5, 5.41) is 14.0. The highest BCUT2D eigenvalue weighted by Crippen LogP contribution is 2.28. The van der Waals surface area contributed by atoms with Gasteiger partial charge in [-0.2, -0.15) is 5.10 Å². The molecule has 2 aromatic rings. The minimum atomic E-state index is -0.425. The van der Waals surface area contributed by atoms with Crippen LogP contribution in [0.4, 0.5) is 0 Å². The van der Waals surface area contributed by atoms with E-state index in [4.69, 9.17) is 21.1 Å². The van der Waals surface area contributed by atoms with Crippen LogP contribution < -0.4 is 14.9 Å². The van der Waals surface area contributed by atoms with E-state index >= 15 is 0 Å². The molecule has 8 heteroatoms. The van der Waals surface area contributed by atoms with E-state index < -0.39 is 5.91 Å². The van der Waals surface area contributed by atoms with Gasteiger partial charge in [-0.15, -0.1) is 0 Å². The number of hydrogen-bond donors (Lipinski definition) is 2. The highest BCUT2D eigenvalue weighted by atomic mass is 79.9. The summed E-state index contributed by atoms with van der Waals surface area (Å²) in [6.45, 7) is -0.203. The summed E-state index contributed by atoms with van der Waals surface area (Å²) in [7, 11) is 1.46. The molecule has 0 aliphatic carbocycles. The Morgan fingerprint density at radius 1 is 1.33 bits per heavy atom. The van der Waals surface area contributed by atoms with Crippen molar-refractivity contribution in [3.05, 3.63) is 51.5 Å². The van der Waals surface area contributed by atoms with Gasteiger partial charge in [0.05, 0.1) is 17.8 Å². The van der Waals surface area contributed by atoms with Gasteiger partial charge in [-0.1, -0.05) is 11.6 Å². The number of benzene rings is 2. The second kappa shape index (κ2) is 8.56. The van der Waals surface area contributed by atoms with Gasteiger partial charge < -0.3 is 14.6 Å². The van der Waals surface area contributed by atoms with E-state index in [9.17, 15) is 9.90 Å². The van der Waals surface area contributed by atoms with E-state index in [0.29, 0.717) is 26.6 Å². The van der Waals surface area contributed by atoms with E-state index in [0.717, 1.165) is 0 Å². The fraction of sp³-hybridized carbons (Fsp3) is 0.125. The maximum absolute atomic E-state index is 11.7. The number of hydrazone groups is 1. The van der Waals surface area contributed by atoms with Gasteiger partial charge in [0.2, 0.25) is 0 Å². The number of nitrogens with zero attached hydrogens (tertiary/aromatic N) is 1. The molecule has 0 spiro atoms. The monoisotopic (exact) mass is 412 g/mol. The van der Waals surface area contributed by atoms with Crippen LogP contribution in [0, 0.1) is 0 Å². The molecule has 0 aliphatic heterocycles. The van der Waals surface area contributed by atoms with Crippen LogP contribution in [0.1, 0.15) is 5.56 Å². The minimum Gasteiger partial charge on any atom is -0.504 e. The van der Waals surface area contributed by atoms with E-state index in [1.54, 1.807) is 30.3 Å². The Morgan fingerprint density at radius 3 is 2.75 bits per heavy atom. The van der Waals surface area contributed by atoms with Crippen molar-refractivity contribution in [3.63, 3.8) is 0 Å². The van der Waals surface area contributed by atoms with Gasteiger partial charge in [-0.25, -0.2) is 5.43 Å². The summed E-state index contributed by atoms with van der Waals surface area (Å²) in [5.41, 5.74) is 2.94. The summed E-state index contributed by atoms with van der Waals surface area (Å²) in [5.74, 6) is 0.422. The molecule has 0 heterocycles. The fourth-order valence-corrected chi connectivity index (χ4v) is 2.53. The molecule has 6 nitrogen and oxygen atoms in total. The quantitative estimate of drug-likeness (QED) is 0.562. The Bertz CT molecular complexity index is 768. The molecule has 2 aromatic carbocycles. The number of aromatic hydroxyl groups is 1. The normalized spacial score (nSPS) is 10.6. The number of hydrogen-bond acceptors (Lipinski definition) is 5. The lowest BCUT2D eigenvalue weighted by Gasteiger charge is -2.07. The van der Waals surface area contributed by atoms with Gasteiger partial charge in [0.1, 0.15) is 5.75 Å². The van der Waals surface area contributed by atoms with Crippen molar-refractivity contribution in [2.24, 2.45) is 5.10 Å². The maximum Gasteiger partial charge on any atom is 0.277 e. The molecule has 1 amide bonds. The molecule has 126 valence electrons. The second-order valence-corrected chi connectivity index (χ2v) is 5.88. The summed E-state index contributed by atoms with van der Waals surface area (Å²) in [6, 6.07) is 9.74. The summed E-state index contributed by atoms with van der Waals surface area (Å²) >= 11 is 9.12. The summed E-state index contributed by atoms with van der Waals surface area (Å²) in [6.07, 6.45) is 1.40.